The first-order chi connectivity index (χ1) is 12.2. The molecule has 1 aliphatic heterocycles. The monoisotopic (exact) mass is 370 g/mol. The third-order valence-electron chi connectivity index (χ3n) is 4.65. The van der Waals surface area contributed by atoms with Gasteiger partial charge in [-0.25, -0.2) is 0 Å². The summed E-state index contributed by atoms with van der Waals surface area (Å²) in [7, 11) is 0. The van der Waals surface area contributed by atoms with Crippen LogP contribution in [-0.4, -0.2) is 59.5 Å². The molecule has 3 amide bonds. The van der Waals surface area contributed by atoms with E-state index in [4.69, 9.17) is 5.11 Å². The second kappa shape index (κ2) is 10.1. The van der Waals surface area contributed by atoms with Crippen LogP contribution < -0.4 is 21.3 Å². The van der Waals surface area contributed by atoms with Crippen molar-refractivity contribution in [2.24, 2.45) is 5.92 Å². The van der Waals surface area contributed by atoms with Crippen LogP contribution in [0.2, 0.25) is 0 Å². The maximum Gasteiger partial charge on any atom is 0.325 e. The molecule has 9 heteroatoms. The lowest BCUT2D eigenvalue weighted by Crippen LogP contribution is -2.57. The van der Waals surface area contributed by atoms with Crippen molar-refractivity contribution in [1.29, 1.82) is 0 Å². The molecule has 0 aromatic heterocycles. The minimum atomic E-state index is -1.16. The van der Waals surface area contributed by atoms with Crippen molar-refractivity contribution in [1.82, 2.24) is 21.3 Å². The second-order valence-electron chi connectivity index (χ2n) is 6.82. The highest BCUT2D eigenvalue weighted by atomic mass is 16.4. The van der Waals surface area contributed by atoms with E-state index >= 15 is 0 Å². The molecule has 0 saturated carbocycles. The largest absolute Gasteiger partial charge is 0.480 e. The van der Waals surface area contributed by atoms with E-state index in [1.54, 1.807) is 0 Å². The Morgan fingerprint density at radius 2 is 1.65 bits per heavy atom. The maximum absolute atomic E-state index is 12.6. The molecule has 26 heavy (non-hydrogen) atoms. The van der Waals surface area contributed by atoms with E-state index in [1.165, 1.54) is 13.8 Å². The molecule has 0 aliphatic carbocycles. The van der Waals surface area contributed by atoms with E-state index in [-0.39, 0.29) is 17.9 Å². The van der Waals surface area contributed by atoms with Crippen molar-refractivity contribution < 1.29 is 24.3 Å². The number of nitrogens with one attached hydrogen (secondary N) is 4. The Bertz CT molecular complexity index is 533. The molecule has 0 bridgehead atoms. The average molecular weight is 370 g/mol. The van der Waals surface area contributed by atoms with E-state index in [2.05, 4.69) is 21.3 Å². The zero-order chi connectivity index (χ0) is 19.9. The van der Waals surface area contributed by atoms with E-state index in [0.717, 1.165) is 19.4 Å². The van der Waals surface area contributed by atoms with Crippen molar-refractivity contribution in [3.8, 4) is 0 Å². The zero-order valence-electron chi connectivity index (χ0n) is 15.8. The molecule has 5 unspecified atom stereocenters. The van der Waals surface area contributed by atoms with Crippen molar-refractivity contribution in [3.05, 3.63) is 0 Å². The summed E-state index contributed by atoms with van der Waals surface area (Å²) in [6.07, 6.45) is 2.32. The zero-order valence-corrected chi connectivity index (χ0v) is 15.8. The molecular weight excluding hydrogens is 340 g/mol. The first-order valence-corrected chi connectivity index (χ1v) is 9.04. The van der Waals surface area contributed by atoms with Crippen LogP contribution in [0.4, 0.5) is 0 Å². The Labute approximate surface area is 153 Å². The summed E-state index contributed by atoms with van der Waals surface area (Å²) in [6.45, 7) is 7.35. The lowest BCUT2D eigenvalue weighted by molar-refractivity contribution is -0.141. The summed E-state index contributed by atoms with van der Waals surface area (Å²) in [6, 6.07) is -3.04. The highest BCUT2D eigenvalue weighted by Gasteiger charge is 2.31. The SMILES string of the molecule is CCC(C)C(NC(=O)C1CCCN1)C(=O)NC(C)C(=O)NC(C)C(=O)O. The number of carbonyl (C=O) groups excluding carboxylic acids is 3. The van der Waals surface area contributed by atoms with Crippen LogP contribution in [-0.2, 0) is 19.2 Å². The molecule has 1 aliphatic rings. The maximum atomic E-state index is 12.6. The predicted octanol–water partition coefficient (Wildman–Crippen LogP) is -0.637. The summed E-state index contributed by atoms with van der Waals surface area (Å²) in [5.41, 5.74) is 0. The fraction of sp³-hybridized carbons (Fsp3) is 0.765. The molecular formula is C17H30N4O5. The number of carbonyl (C=O) groups is 4. The number of amides is 3. The van der Waals surface area contributed by atoms with Crippen molar-refractivity contribution in [2.75, 3.05) is 6.54 Å². The number of carboxylic acid groups (broad SMARTS) is 1. The van der Waals surface area contributed by atoms with Gasteiger partial charge < -0.3 is 26.4 Å². The topological polar surface area (TPSA) is 137 Å². The lowest BCUT2D eigenvalue weighted by atomic mass is 9.97. The van der Waals surface area contributed by atoms with Gasteiger partial charge in [0.1, 0.15) is 18.1 Å². The molecule has 1 rings (SSSR count). The van der Waals surface area contributed by atoms with Gasteiger partial charge in [0.25, 0.3) is 0 Å². The first kappa shape index (κ1) is 21.9. The minimum Gasteiger partial charge on any atom is -0.480 e. The van der Waals surface area contributed by atoms with E-state index in [0.29, 0.717) is 6.42 Å². The summed E-state index contributed by atoms with van der Waals surface area (Å²) in [5.74, 6) is -2.56. The van der Waals surface area contributed by atoms with Crippen molar-refractivity contribution in [3.63, 3.8) is 0 Å². The van der Waals surface area contributed by atoms with Gasteiger partial charge in [-0.3, -0.25) is 19.2 Å². The second-order valence-corrected chi connectivity index (χ2v) is 6.82. The molecule has 5 atom stereocenters. The van der Waals surface area contributed by atoms with Gasteiger partial charge in [0.05, 0.1) is 6.04 Å². The van der Waals surface area contributed by atoms with Gasteiger partial charge in [-0.2, -0.15) is 0 Å². The Balaban J connectivity index is 2.68. The molecule has 0 aromatic carbocycles. The van der Waals surface area contributed by atoms with Crippen LogP contribution in [0.1, 0.15) is 47.0 Å². The summed E-state index contributed by atoms with van der Waals surface area (Å²) in [4.78, 5) is 47.7. The molecule has 148 valence electrons. The molecule has 0 aromatic rings. The van der Waals surface area contributed by atoms with Crippen LogP contribution >= 0.6 is 0 Å². The quantitative estimate of drug-likeness (QED) is 0.366. The molecule has 1 heterocycles. The van der Waals surface area contributed by atoms with Gasteiger partial charge in [0.2, 0.25) is 17.7 Å². The fourth-order valence-corrected chi connectivity index (χ4v) is 2.63. The van der Waals surface area contributed by atoms with Crippen LogP contribution in [0, 0.1) is 5.92 Å². The number of aliphatic carboxylic acids is 1. The molecule has 0 spiro atoms. The fourth-order valence-electron chi connectivity index (χ4n) is 2.63. The van der Waals surface area contributed by atoms with Gasteiger partial charge in [-0.1, -0.05) is 20.3 Å². The Kier molecular flexibility index (Phi) is 8.50. The summed E-state index contributed by atoms with van der Waals surface area (Å²) in [5, 5.41) is 19.6. The summed E-state index contributed by atoms with van der Waals surface area (Å²) < 4.78 is 0. The smallest absolute Gasteiger partial charge is 0.325 e. The first-order valence-electron chi connectivity index (χ1n) is 9.04. The lowest BCUT2D eigenvalue weighted by Gasteiger charge is -2.26. The molecule has 9 nitrogen and oxygen atoms in total. The average Bonchev–Trinajstić information content (AvgIpc) is 3.12. The number of hydrogen-bond donors (Lipinski definition) is 5. The number of hydrogen-bond acceptors (Lipinski definition) is 5. The summed E-state index contributed by atoms with van der Waals surface area (Å²) >= 11 is 0. The van der Waals surface area contributed by atoms with Gasteiger partial charge in [0.15, 0.2) is 0 Å². The van der Waals surface area contributed by atoms with Gasteiger partial charge >= 0.3 is 5.97 Å². The van der Waals surface area contributed by atoms with Gasteiger partial charge in [-0.05, 0) is 39.2 Å². The van der Waals surface area contributed by atoms with Crippen LogP contribution in [0.3, 0.4) is 0 Å². The van der Waals surface area contributed by atoms with Crippen LogP contribution in [0.15, 0.2) is 0 Å². The van der Waals surface area contributed by atoms with E-state index in [1.807, 2.05) is 13.8 Å². The molecule has 1 fully saturated rings. The van der Waals surface area contributed by atoms with E-state index < -0.39 is 35.9 Å². The van der Waals surface area contributed by atoms with E-state index in [9.17, 15) is 19.2 Å². The molecule has 5 N–H and O–H groups in total. The predicted molar refractivity (Wildman–Crippen MR) is 95.3 cm³/mol. The molecule has 1 saturated heterocycles. The molecule has 0 radical (unpaired) electrons. The van der Waals surface area contributed by atoms with Crippen LogP contribution in [0.5, 0.6) is 0 Å². The van der Waals surface area contributed by atoms with Gasteiger partial charge in [-0.15, -0.1) is 0 Å². The third-order valence-corrected chi connectivity index (χ3v) is 4.65. The highest BCUT2D eigenvalue weighted by Crippen LogP contribution is 2.11. The van der Waals surface area contributed by atoms with Crippen LogP contribution in [0.25, 0.3) is 0 Å². The standard InChI is InChI=1S/C17H30N4O5/c1-5-9(2)13(21-15(23)12-7-6-8-18-12)16(24)19-10(3)14(22)20-11(4)17(25)26/h9-13,18H,5-8H2,1-4H3,(H,19,24)(H,20,22)(H,21,23)(H,25,26). The van der Waals surface area contributed by atoms with Crippen molar-refractivity contribution in [2.45, 2.75) is 71.1 Å². The number of rotatable bonds is 9. The highest BCUT2D eigenvalue weighted by molar-refractivity contribution is 5.94. The number of carboxylic acids is 1. The third kappa shape index (κ3) is 6.29. The minimum absolute atomic E-state index is 0.117. The Morgan fingerprint density at radius 1 is 1.04 bits per heavy atom. The van der Waals surface area contributed by atoms with Crippen molar-refractivity contribution >= 4 is 23.7 Å². The van der Waals surface area contributed by atoms with Gasteiger partial charge in [0, 0.05) is 0 Å². The normalized spacial score (nSPS) is 21.2. The Hall–Kier alpha value is -2.16. The Morgan fingerprint density at radius 3 is 2.15 bits per heavy atom.